The summed E-state index contributed by atoms with van der Waals surface area (Å²) in [6.07, 6.45) is 1.64. The Morgan fingerprint density at radius 1 is 1.26 bits per heavy atom. The lowest BCUT2D eigenvalue weighted by Gasteiger charge is -2.14. The summed E-state index contributed by atoms with van der Waals surface area (Å²) in [5.74, 6) is 0.0513. The molecule has 3 rings (SSSR count). The van der Waals surface area contributed by atoms with E-state index in [2.05, 4.69) is 20.6 Å². The van der Waals surface area contributed by atoms with Gasteiger partial charge in [-0.1, -0.05) is 0 Å². The monoisotopic (exact) mass is 362 g/mol. The molecule has 0 saturated heterocycles. The van der Waals surface area contributed by atoms with Crippen molar-refractivity contribution in [3.05, 3.63) is 52.4 Å². The van der Waals surface area contributed by atoms with Crippen LogP contribution < -0.4 is 16.2 Å². The number of rotatable bonds is 4. The third-order valence-corrected chi connectivity index (χ3v) is 3.89. The van der Waals surface area contributed by atoms with E-state index >= 15 is 0 Å². The lowest BCUT2D eigenvalue weighted by Crippen LogP contribution is -2.22. The van der Waals surface area contributed by atoms with Crippen LogP contribution in [0.5, 0.6) is 0 Å². The molecule has 27 heavy (non-hydrogen) atoms. The maximum absolute atomic E-state index is 12.2. The zero-order valence-corrected chi connectivity index (χ0v) is 15.1. The molecule has 1 amide bonds. The van der Waals surface area contributed by atoms with Crippen molar-refractivity contribution < 1.29 is 4.79 Å². The van der Waals surface area contributed by atoms with Crippen LogP contribution in [0.3, 0.4) is 0 Å². The third kappa shape index (κ3) is 3.77. The number of hydrogen-bond donors (Lipinski definition) is 2. The van der Waals surface area contributed by atoms with Crippen molar-refractivity contribution in [1.82, 2.24) is 14.5 Å². The van der Waals surface area contributed by atoms with Crippen molar-refractivity contribution in [3.8, 4) is 6.07 Å². The first-order valence-electron chi connectivity index (χ1n) is 8.36. The molecule has 0 fully saturated rings. The van der Waals surface area contributed by atoms with E-state index in [0.29, 0.717) is 28.5 Å². The van der Waals surface area contributed by atoms with Gasteiger partial charge in [-0.3, -0.25) is 14.2 Å². The van der Waals surface area contributed by atoms with E-state index in [1.54, 1.807) is 35.0 Å². The van der Waals surface area contributed by atoms with Gasteiger partial charge in [-0.25, -0.2) is 4.98 Å². The number of carbonyl (C=O) groups is 1. The van der Waals surface area contributed by atoms with Gasteiger partial charge in [0.2, 0.25) is 11.9 Å². The molecule has 0 spiro atoms. The number of anilines is 3. The summed E-state index contributed by atoms with van der Waals surface area (Å²) in [7, 11) is 0. The van der Waals surface area contributed by atoms with Gasteiger partial charge < -0.3 is 10.6 Å². The average molecular weight is 362 g/mol. The molecule has 2 heterocycles. The number of hydrogen-bond acceptors (Lipinski definition) is 6. The predicted octanol–water partition coefficient (Wildman–Crippen LogP) is 2.95. The number of benzene rings is 1. The number of aromatic nitrogens is 3. The zero-order chi connectivity index (χ0) is 19.6. The Balaban J connectivity index is 2.00. The minimum Gasteiger partial charge on any atom is -0.325 e. The summed E-state index contributed by atoms with van der Waals surface area (Å²) < 4.78 is 1.60. The molecule has 0 aliphatic rings. The van der Waals surface area contributed by atoms with Gasteiger partial charge in [0, 0.05) is 36.3 Å². The molecule has 0 radical (unpaired) electrons. The molecule has 0 unspecified atom stereocenters. The molecule has 2 N–H and O–H groups in total. The number of pyridine rings is 1. The Kier molecular flexibility index (Phi) is 4.86. The van der Waals surface area contributed by atoms with Crippen molar-refractivity contribution in [1.29, 1.82) is 5.26 Å². The van der Waals surface area contributed by atoms with E-state index in [1.165, 1.54) is 13.0 Å². The lowest BCUT2D eigenvalue weighted by atomic mass is 10.1. The van der Waals surface area contributed by atoms with Crippen molar-refractivity contribution in [2.45, 2.75) is 26.8 Å². The number of nitrogens with one attached hydrogen (secondary N) is 2. The van der Waals surface area contributed by atoms with Crippen molar-refractivity contribution >= 4 is 34.3 Å². The second-order valence-electron chi connectivity index (χ2n) is 6.29. The molecule has 8 heteroatoms. The minimum absolute atomic E-state index is 0.0499. The van der Waals surface area contributed by atoms with Crippen LogP contribution >= 0.6 is 0 Å². The number of fused-ring (bicyclic) bond motifs is 1. The van der Waals surface area contributed by atoms with Gasteiger partial charge in [0.1, 0.15) is 11.7 Å². The van der Waals surface area contributed by atoms with Crippen LogP contribution in [0.1, 0.15) is 32.4 Å². The van der Waals surface area contributed by atoms with Gasteiger partial charge in [0.05, 0.1) is 11.3 Å². The average Bonchev–Trinajstić information content (AvgIpc) is 2.62. The first-order chi connectivity index (χ1) is 12.9. The van der Waals surface area contributed by atoms with Gasteiger partial charge in [0.15, 0.2) is 0 Å². The Morgan fingerprint density at radius 3 is 2.70 bits per heavy atom. The standard InChI is InChI=1S/C19H18N6O2/c1-11(2)25-17(27)7-4-13-10-21-19(24-18(13)25)23-15-5-6-16(22-12(3)26)14(8-15)9-20/h4-8,10-11H,1-3H3,(H,22,26)(H,21,23,24). The minimum atomic E-state index is -0.253. The fourth-order valence-corrected chi connectivity index (χ4v) is 2.74. The normalized spacial score (nSPS) is 10.6. The van der Waals surface area contributed by atoms with E-state index in [1.807, 2.05) is 19.9 Å². The summed E-state index contributed by atoms with van der Waals surface area (Å²) in [5.41, 5.74) is 1.74. The molecule has 0 atom stereocenters. The molecule has 0 saturated carbocycles. The number of nitriles is 1. The maximum atomic E-state index is 12.2. The second kappa shape index (κ2) is 7.25. The molecular weight excluding hydrogens is 344 g/mol. The van der Waals surface area contributed by atoms with Crippen molar-refractivity contribution in [3.63, 3.8) is 0 Å². The maximum Gasteiger partial charge on any atom is 0.252 e. The van der Waals surface area contributed by atoms with Crippen LogP contribution in [-0.2, 0) is 4.79 Å². The second-order valence-corrected chi connectivity index (χ2v) is 6.29. The SMILES string of the molecule is CC(=O)Nc1ccc(Nc2ncc3ccc(=O)n(C(C)C)c3n2)cc1C#N. The van der Waals surface area contributed by atoms with Crippen LogP contribution in [0.2, 0.25) is 0 Å². The molecule has 2 aromatic heterocycles. The highest BCUT2D eigenvalue weighted by Gasteiger charge is 2.11. The van der Waals surface area contributed by atoms with Gasteiger partial charge in [-0.15, -0.1) is 0 Å². The zero-order valence-electron chi connectivity index (χ0n) is 15.1. The molecule has 136 valence electrons. The van der Waals surface area contributed by atoms with Crippen LogP contribution in [0.25, 0.3) is 11.0 Å². The van der Waals surface area contributed by atoms with E-state index < -0.39 is 0 Å². The van der Waals surface area contributed by atoms with E-state index in [0.717, 1.165) is 5.39 Å². The smallest absolute Gasteiger partial charge is 0.252 e. The summed E-state index contributed by atoms with van der Waals surface area (Å²) in [5, 5.41) is 15.7. The largest absolute Gasteiger partial charge is 0.325 e. The molecule has 3 aromatic rings. The summed E-state index contributed by atoms with van der Waals surface area (Å²) >= 11 is 0. The fourth-order valence-electron chi connectivity index (χ4n) is 2.74. The summed E-state index contributed by atoms with van der Waals surface area (Å²) in [6.45, 7) is 5.20. The number of carbonyl (C=O) groups excluding carboxylic acids is 1. The van der Waals surface area contributed by atoms with Crippen molar-refractivity contribution in [2.24, 2.45) is 0 Å². The summed E-state index contributed by atoms with van der Waals surface area (Å²) in [4.78, 5) is 32.1. The van der Waals surface area contributed by atoms with E-state index in [9.17, 15) is 14.9 Å². The number of amides is 1. The highest BCUT2D eigenvalue weighted by Crippen LogP contribution is 2.23. The van der Waals surface area contributed by atoms with Gasteiger partial charge in [-0.2, -0.15) is 10.2 Å². The Morgan fingerprint density at radius 2 is 2.04 bits per heavy atom. The molecule has 0 aliphatic carbocycles. The van der Waals surface area contributed by atoms with Crippen LogP contribution in [0.4, 0.5) is 17.3 Å². The van der Waals surface area contributed by atoms with Gasteiger partial charge >= 0.3 is 0 Å². The predicted molar refractivity (Wildman–Crippen MR) is 103 cm³/mol. The molecular formula is C19H18N6O2. The van der Waals surface area contributed by atoms with E-state index in [-0.39, 0.29) is 17.5 Å². The Labute approximate surface area is 155 Å². The molecule has 1 aromatic carbocycles. The topological polar surface area (TPSA) is 113 Å². The van der Waals surface area contributed by atoms with Crippen molar-refractivity contribution in [2.75, 3.05) is 10.6 Å². The lowest BCUT2D eigenvalue weighted by molar-refractivity contribution is -0.114. The van der Waals surface area contributed by atoms with Crippen LogP contribution in [-0.4, -0.2) is 20.4 Å². The Bertz CT molecular complexity index is 1130. The molecule has 8 nitrogen and oxygen atoms in total. The van der Waals surface area contributed by atoms with Gasteiger partial charge in [-0.05, 0) is 38.1 Å². The van der Waals surface area contributed by atoms with Crippen LogP contribution in [0, 0.1) is 11.3 Å². The molecule has 0 bridgehead atoms. The van der Waals surface area contributed by atoms with E-state index in [4.69, 9.17) is 0 Å². The highest BCUT2D eigenvalue weighted by atomic mass is 16.1. The quantitative estimate of drug-likeness (QED) is 0.738. The third-order valence-electron chi connectivity index (χ3n) is 3.89. The Hall–Kier alpha value is -3.73. The first kappa shape index (κ1) is 18.1. The first-order valence-corrected chi connectivity index (χ1v) is 8.36. The summed E-state index contributed by atoms with van der Waals surface area (Å²) in [6, 6.07) is 10.1. The van der Waals surface area contributed by atoms with Crippen LogP contribution in [0.15, 0.2) is 41.3 Å². The number of nitrogens with zero attached hydrogens (tertiary/aromatic N) is 4. The fraction of sp³-hybridized carbons (Fsp3) is 0.211. The highest BCUT2D eigenvalue weighted by molar-refractivity contribution is 5.90. The van der Waals surface area contributed by atoms with Gasteiger partial charge in [0.25, 0.3) is 5.56 Å². The molecule has 0 aliphatic heterocycles.